The molecule has 0 saturated carbocycles. The van der Waals surface area contributed by atoms with E-state index in [4.69, 9.17) is 18.6 Å². The summed E-state index contributed by atoms with van der Waals surface area (Å²) in [6.07, 6.45) is 2.91. The van der Waals surface area contributed by atoms with Gasteiger partial charge in [-0.2, -0.15) is 0 Å². The van der Waals surface area contributed by atoms with Crippen LogP contribution < -0.4 is 0 Å². The molecular formula is C14H27FO4Si. The molecule has 0 aromatic rings. The second-order valence-electron chi connectivity index (χ2n) is 4.86. The lowest BCUT2D eigenvalue weighted by molar-refractivity contribution is -0.235. The molecule has 0 N–H and O–H groups in total. The average Bonchev–Trinajstić information content (AvgIpc) is 2.48. The standard InChI is InChI=1S/C14H27FO4Si/c1-5-16-13-9-10-14(17-6-2,18-11-13)12-19-20(15,7-3)8-4/h11H,5-10,12H2,1-4H3/t14-/m1/s1. The Kier molecular flexibility index (Phi) is 6.98. The number of hydrogen-bond acceptors (Lipinski definition) is 4. The molecule has 0 radical (unpaired) electrons. The molecule has 0 saturated heterocycles. The Morgan fingerprint density at radius 3 is 2.40 bits per heavy atom. The van der Waals surface area contributed by atoms with Crippen molar-refractivity contribution in [3.8, 4) is 0 Å². The van der Waals surface area contributed by atoms with E-state index in [1.807, 2.05) is 27.7 Å². The highest BCUT2D eigenvalue weighted by Crippen LogP contribution is 2.31. The summed E-state index contributed by atoms with van der Waals surface area (Å²) in [5.74, 6) is -0.0677. The Morgan fingerprint density at radius 2 is 1.95 bits per heavy atom. The molecule has 0 fully saturated rings. The van der Waals surface area contributed by atoms with Gasteiger partial charge in [-0.1, -0.05) is 13.8 Å². The van der Waals surface area contributed by atoms with E-state index in [0.29, 0.717) is 31.7 Å². The number of rotatable bonds is 9. The van der Waals surface area contributed by atoms with Crippen LogP contribution in [0.3, 0.4) is 0 Å². The van der Waals surface area contributed by atoms with Crippen molar-refractivity contribution in [2.75, 3.05) is 19.8 Å². The van der Waals surface area contributed by atoms with Gasteiger partial charge < -0.3 is 18.6 Å². The van der Waals surface area contributed by atoms with Crippen LogP contribution in [-0.4, -0.2) is 34.3 Å². The molecule has 118 valence electrons. The molecule has 0 unspecified atom stereocenters. The molecule has 0 bridgehead atoms. The van der Waals surface area contributed by atoms with Gasteiger partial charge in [-0.05, 0) is 25.9 Å². The third-order valence-corrected chi connectivity index (χ3v) is 6.27. The molecule has 1 aliphatic heterocycles. The maximum absolute atomic E-state index is 14.4. The molecular weight excluding hydrogens is 279 g/mol. The number of halogens is 1. The van der Waals surface area contributed by atoms with Gasteiger partial charge in [0.25, 0.3) is 0 Å². The third kappa shape index (κ3) is 4.75. The maximum atomic E-state index is 14.4. The minimum Gasteiger partial charge on any atom is -0.495 e. The van der Waals surface area contributed by atoms with Gasteiger partial charge in [-0.3, -0.25) is 4.11 Å². The first-order valence-corrected chi connectivity index (χ1v) is 9.69. The first kappa shape index (κ1) is 17.5. The highest BCUT2D eigenvalue weighted by Gasteiger charge is 2.41. The summed E-state index contributed by atoms with van der Waals surface area (Å²) in [5, 5.41) is 0. The molecule has 0 aromatic heterocycles. The van der Waals surface area contributed by atoms with Crippen LogP contribution in [0.2, 0.25) is 12.1 Å². The number of ether oxygens (including phenoxy) is 3. The van der Waals surface area contributed by atoms with Crippen molar-refractivity contribution in [3.05, 3.63) is 12.0 Å². The van der Waals surface area contributed by atoms with Gasteiger partial charge in [0.15, 0.2) is 0 Å². The summed E-state index contributed by atoms with van der Waals surface area (Å²) in [7, 11) is -3.10. The summed E-state index contributed by atoms with van der Waals surface area (Å²) in [6.45, 7) is 8.74. The molecule has 4 nitrogen and oxygen atoms in total. The van der Waals surface area contributed by atoms with E-state index in [1.54, 1.807) is 6.26 Å². The molecule has 6 heteroatoms. The Bertz CT molecular complexity index is 320. The summed E-state index contributed by atoms with van der Waals surface area (Å²) < 4.78 is 36.7. The molecule has 1 heterocycles. The average molecular weight is 306 g/mol. The normalized spacial score (nSPS) is 23.1. The van der Waals surface area contributed by atoms with Gasteiger partial charge in [-0.25, -0.2) is 0 Å². The lowest BCUT2D eigenvalue weighted by Gasteiger charge is -2.37. The van der Waals surface area contributed by atoms with Crippen LogP contribution in [0, 0.1) is 0 Å². The van der Waals surface area contributed by atoms with Gasteiger partial charge in [0.05, 0.1) is 6.61 Å². The second-order valence-corrected chi connectivity index (χ2v) is 8.33. The Morgan fingerprint density at radius 1 is 1.25 bits per heavy atom. The van der Waals surface area contributed by atoms with Crippen LogP contribution in [0.4, 0.5) is 4.11 Å². The number of allylic oxidation sites excluding steroid dienone is 1. The van der Waals surface area contributed by atoms with Crippen molar-refractivity contribution < 1.29 is 22.7 Å². The molecule has 0 aromatic carbocycles. The molecule has 0 spiro atoms. The smallest absolute Gasteiger partial charge is 0.383 e. The van der Waals surface area contributed by atoms with Crippen LogP contribution in [0.5, 0.6) is 0 Å². The molecule has 1 atom stereocenters. The quantitative estimate of drug-likeness (QED) is 0.478. The van der Waals surface area contributed by atoms with E-state index >= 15 is 0 Å². The largest absolute Gasteiger partial charge is 0.495 e. The van der Waals surface area contributed by atoms with Crippen LogP contribution in [0.1, 0.15) is 40.5 Å². The zero-order chi connectivity index (χ0) is 15.1. The van der Waals surface area contributed by atoms with E-state index in [9.17, 15) is 4.11 Å². The summed E-state index contributed by atoms with van der Waals surface area (Å²) in [5.41, 5.74) is 0. The maximum Gasteiger partial charge on any atom is 0.383 e. The van der Waals surface area contributed by atoms with E-state index in [0.717, 1.165) is 12.2 Å². The molecule has 1 rings (SSSR count). The van der Waals surface area contributed by atoms with Crippen molar-refractivity contribution >= 4 is 8.65 Å². The Labute approximate surface area is 122 Å². The highest BCUT2D eigenvalue weighted by molar-refractivity contribution is 6.66. The van der Waals surface area contributed by atoms with Crippen LogP contribution in [-0.2, 0) is 18.6 Å². The number of hydrogen-bond donors (Lipinski definition) is 0. The first-order chi connectivity index (χ1) is 9.53. The van der Waals surface area contributed by atoms with E-state index in [1.165, 1.54) is 0 Å². The van der Waals surface area contributed by atoms with Crippen molar-refractivity contribution in [3.63, 3.8) is 0 Å². The summed E-state index contributed by atoms with van der Waals surface area (Å²) >= 11 is 0. The predicted octanol–water partition coefficient (Wildman–Crippen LogP) is 3.88. The van der Waals surface area contributed by atoms with Crippen LogP contribution in [0.25, 0.3) is 0 Å². The Hall–Kier alpha value is -0.593. The zero-order valence-electron chi connectivity index (χ0n) is 13.0. The Balaban J connectivity index is 2.65. The fourth-order valence-corrected chi connectivity index (χ4v) is 3.49. The molecule has 20 heavy (non-hydrogen) atoms. The van der Waals surface area contributed by atoms with Crippen molar-refractivity contribution in [2.24, 2.45) is 0 Å². The predicted molar refractivity (Wildman–Crippen MR) is 78.2 cm³/mol. The minimum atomic E-state index is -3.10. The zero-order valence-corrected chi connectivity index (χ0v) is 14.0. The van der Waals surface area contributed by atoms with Gasteiger partial charge in [0, 0.05) is 19.4 Å². The van der Waals surface area contributed by atoms with E-state index in [2.05, 4.69) is 0 Å². The van der Waals surface area contributed by atoms with Crippen LogP contribution >= 0.6 is 0 Å². The van der Waals surface area contributed by atoms with E-state index < -0.39 is 14.4 Å². The lowest BCUT2D eigenvalue weighted by Crippen LogP contribution is -2.46. The SMILES string of the molecule is CCOC1=CO[C@](CO[Si](F)(CC)CC)(OCC)CC1. The highest BCUT2D eigenvalue weighted by atomic mass is 28.4. The lowest BCUT2D eigenvalue weighted by atomic mass is 10.1. The first-order valence-electron chi connectivity index (χ1n) is 7.49. The minimum absolute atomic E-state index is 0.140. The second kappa shape index (κ2) is 8.00. The van der Waals surface area contributed by atoms with Gasteiger partial charge in [0.1, 0.15) is 18.6 Å². The van der Waals surface area contributed by atoms with Gasteiger partial charge in [-0.15, -0.1) is 0 Å². The molecule has 0 aliphatic carbocycles. The monoisotopic (exact) mass is 306 g/mol. The molecule has 1 aliphatic rings. The van der Waals surface area contributed by atoms with Crippen molar-refractivity contribution in [2.45, 2.75) is 58.4 Å². The topological polar surface area (TPSA) is 36.9 Å². The van der Waals surface area contributed by atoms with Crippen molar-refractivity contribution in [1.29, 1.82) is 0 Å². The van der Waals surface area contributed by atoms with Gasteiger partial charge in [0.2, 0.25) is 5.79 Å². The van der Waals surface area contributed by atoms with Crippen LogP contribution in [0.15, 0.2) is 12.0 Å². The molecule has 0 amide bonds. The van der Waals surface area contributed by atoms with Gasteiger partial charge >= 0.3 is 8.65 Å². The van der Waals surface area contributed by atoms with E-state index in [-0.39, 0.29) is 6.61 Å². The fraction of sp³-hybridized carbons (Fsp3) is 0.857. The third-order valence-electron chi connectivity index (χ3n) is 3.50. The summed E-state index contributed by atoms with van der Waals surface area (Å²) in [6, 6.07) is 0.900. The van der Waals surface area contributed by atoms with Crippen molar-refractivity contribution in [1.82, 2.24) is 0 Å². The summed E-state index contributed by atoms with van der Waals surface area (Å²) in [4.78, 5) is 0. The fourth-order valence-electron chi connectivity index (χ4n) is 2.11.